The number of halogens is 2. The van der Waals surface area contributed by atoms with Gasteiger partial charge in [-0.25, -0.2) is 8.78 Å². The molecule has 5 rings (SSSR count). The maximum absolute atomic E-state index is 13.6. The van der Waals surface area contributed by atoms with E-state index in [1.807, 2.05) is 0 Å². The van der Waals surface area contributed by atoms with E-state index in [1.54, 1.807) is 36.4 Å². The summed E-state index contributed by atoms with van der Waals surface area (Å²) in [4.78, 5) is 28.8. The third-order valence-electron chi connectivity index (χ3n) is 7.00. The Morgan fingerprint density at radius 2 is 1.81 bits per heavy atom. The second kappa shape index (κ2) is 10.0. The van der Waals surface area contributed by atoms with Crippen LogP contribution < -0.4 is 10.2 Å². The molecule has 2 aliphatic heterocycles. The van der Waals surface area contributed by atoms with Gasteiger partial charge < -0.3 is 10.2 Å². The molecule has 1 fully saturated rings. The molecular formula is C27H26F2N4O3. The molecule has 3 aromatic rings. The summed E-state index contributed by atoms with van der Waals surface area (Å²) in [6.07, 6.45) is 0.373. The first-order chi connectivity index (χ1) is 17.4. The number of amides is 1. The van der Waals surface area contributed by atoms with Crippen molar-refractivity contribution in [1.82, 2.24) is 10.2 Å². The minimum absolute atomic E-state index is 0.000986. The van der Waals surface area contributed by atoms with Crippen molar-refractivity contribution in [2.45, 2.75) is 25.6 Å². The normalized spacial score (nSPS) is 19.3. The molecule has 0 saturated carbocycles. The molecule has 1 N–H and O–H groups in total. The van der Waals surface area contributed by atoms with E-state index in [-0.39, 0.29) is 35.8 Å². The molecule has 2 atom stereocenters. The second-order valence-electron chi connectivity index (χ2n) is 9.35. The van der Waals surface area contributed by atoms with Crippen molar-refractivity contribution in [2.24, 2.45) is 5.92 Å². The number of nitro groups is 1. The van der Waals surface area contributed by atoms with Gasteiger partial charge in [0.05, 0.1) is 16.9 Å². The van der Waals surface area contributed by atoms with E-state index in [1.165, 1.54) is 30.3 Å². The van der Waals surface area contributed by atoms with Crippen LogP contribution in [0.1, 0.15) is 16.7 Å². The number of nitrogens with zero attached hydrogens (tertiary/aromatic N) is 3. The number of benzene rings is 3. The Kier molecular flexibility index (Phi) is 6.65. The van der Waals surface area contributed by atoms with E-state index in [0.717, 1.165) is 23.4 Å². The fourth-order valence-electron chi connectivity index (χ4n) is 5.24. The Hall–Kier alpha value is -3.85. The Morgan fingerprint density at radius 1 is 1.00 bits per heavy atom. The lowest BCUT2D eigenvalue weighted by Gasteiger charge is -2.49. The number of hydrogen-bond acceptors (Lipinski definition) is 5. The van der Waals surface area contributed by atoms with Gasteiger partial charge in [0.1, 0.15) is 11.6 Å². The molecule has 2 aliphatic rings. The summed E-state index contributed by atoms with van der Waals surface area (Å²) in [5.41, 5.74) is 3.35. The van der Waals surface area contributed by atoms with Crippen LogP contribution in [0.5, 0.6) is 0 Å². The molecule has 0 bridgehead atoms. The molecule has 0 unspecified atom stereocenters. The van der Waals surface area contributed by atoms with Crippen molar-refractivity contribution in [1.29, 1.82) is 0 Å². The van der Waals surface area contributed by atoms with Crippen LogP contribution in [0.3, 0.4) is 0 Å². The van der Waals surface area contributed by atoms with E-state index >= 15 is 0 Å². The summed E-state index contributed by atoms with van der Waals surface area (Å²) in [7, 11) is 0. The number of hydrogen-bond donors (Lipinski definition) is 1. The molecule has 3 aromatic carbocycles. The van der Waals surface area contributed by atoms with Crippen molar-refractivity contribution >= 4 is 17.3 Å². The Balaban J connectivity index is 1.39. The van der Waals surface area contributed by atoms with Crippen LogP contribution in [0.4, 0.5) is 20.2 Å². The Labute approximate surface area is 207 Å². The van der Waals surface area contributed by atoms with Crippen LogP contribution >= 0.6 is 0 Å². The number of nitrogens with one attached hydrogen (secondary N) is 1. The van der Waals surface area contributed by atoms with Gasteiger partial charge in [0.25, 0.3) is 5.69 Å². The number of carbonyl (C=O) groups is 1. The van der Waals surface area contributed by atoms with Gasteiger partial charge in [0, 0.05) is 50.5 Å². The van der Waals surface area contributed by atoms with E-state index in [0.29, 0.717) is 31.6 Å². The lowest BCUT2D eigenvalue weighted by molar-refractivity contribution is -0.384. The van der Waals surface area contributed by atoms with Gasteiger partial charge in [-0.3, -0.25) is 19.8 Å². The highest BCUT2D eigenvalue weighted by Gasteiger charge is 2.41. The minimum Gasteiger partial charge on any atom is -0.365 e. The Bertz CT molecular complexity index is 1280. The number of rotatable bonds is 6. The zero-order valence-corrected chi connectivity index (χ0v) is 19.6. The largest absolute Gasteiger partial charge is 0.365 e. The van der Waals surface area contributed by atoms with Crippen molar-refractivity contribution in [3.8, 4) is 0 Å². The first-order valence-electron chi connectivity index (χ1n) is 11.9. The Morgan fingerprint density at radius 3 is 2.56 bits per heavy atom. The van der Waals surface area contributed by atoms with Crippen LogP contribution in [0.15, 0.2) is 66.7 Å². The topological polar surface area (TPSA) is 78.7 Å². The summed E-state index contributed by atoms with van der Waals surface area (Å²) in [6.45, 7) is 2.84. The minimum atomic E-state index is -0.441. The first-order valence-corrected chi connectivity index (χ1v) is 11.9. The van der Waals surface area contributed by atoms with Crippen molar-refractivity contribution in [3.05, 3.63) is 105 Å². The fourth-order valence-corrected chi connectivity index (χ4v) is 5.24. The highest BCUT2D eigenvalue weighted by atomic mass is 19.1. The molecule has 7 nitrogen and oxygen atoms in total. The average molecular weight is 493 g/mol. The summed E-state index contributed by atoms with van der Waals surface area (Å²) in [6, 6.07) is 17.2. The van der Waals surface area contributed by atoms with Gasteiger partial charge in [0.2, 0.25) is 5.91 Å². The highest BCUT2D eigenvalue weighted by Crippen LogP contribution is 2.38. The van der Waals surface area contributed by atoms with Crippen LogP contribution in [-0.4, -0.2) is 41.4 Å². The molecule has 2 heterocycles. The van der Waals surface area contributed by atoms with Crippen LogP contribution in [-0.2, 0) is 24.3 Å². The number of fused-ring (bicyclic) bond motifs is 3. The predicted molar refractivity (Wildman–Crippen MR) is 131 cm³/mol. The van der Waals surface area contributed by atoms with Crippen LogP contribution in [0, 0.1) is 27.7 Å². The fraction of sp³-hybridized carbons (Fsp3) is 0.296. The van der Waals surface area contributed by atoms with Gasteiger partial charge in [-0.1, -0.05) is 24.3 Å². The average Bonchev–Trinajstić information content (AvgIpc) is 2.87. The van der Waals surface area contributed by atoms with Crippen LogP contribution in [0.2, 0.25) is 0 Å². The monoisotopic (exact) mass is 492 g/mol. The number of piperazine rings is 1. The van der Waals surface area contributed by atoms with Gasteiger partial charge in [-0.05, 0) is 53.4 Å². The summed E-state index contributed by atoms with van der Waals surface area (Å²) in [5, 5.41) is 14.3. The highest BCUT2D eigenvalue weighted by molar-refractivity contribution is 5.82. The zero-order chi connectivity index (χ0) is 25.2. The number of nitro benzene ring substituents is 1. The molecule has 1 amide bonds. The van der Waals surface area contributed by atoms with Gasteiger partial charge in [-0.15, -0.1) is 0 Å². The molecule has 9 heteroatoms. The number of carbonyl (C=O) groups excluding carboxylic acids is 1. The third kappa shape index (κ3) is 5.06. The molecule has 0 spiro atoms. The van der Waals surface area contributed by atoms with E-state index in [9.17, 15) is 23.7 Å². The van der Waals surface area contributed by atoms with Gasteiger partial charge >= 0.3 is 0 Å². The predicted octanol–water partition coefficient (Wildman–Crippen LogP) is 4.05. The maximum atomic E-state index is 13.6. The third-order valence-corrected chi connectivity index (χ3v) is 7.00. The van der Waals surface area contributed by atoms with E-state index < -0.39 is 10.8 Å². The quantitative estimate of drug-likeness (QED) is 0.415. The van der Waals surface area contributed by atoms with Crippen molar-refractivity contribution in [3.63, 3.8) is 0 Å². The standard InChI is InChI=1S/C27H26F2N4O3/c28-21-6-4-18(5-7-21)16-31-10-11-32-25-9-8-23(33(35)36)13-20(25)14-24(26(32)17-31)27(34)30-15-19-2-1-3-22(29)12-19/h1-9,12-13,24,26H,10-11,14-17H2,(H,30,34)/t24-,26-/m1/s1. The summed E-state index contributed by atoms with van der Waals surface area (Å²) >= 11 is 0. The van der Waals surface area contributed by atoms with E-state index in [4.69, 9.17) is 0 Å². The van der Waals surface area contributed by atoms with Crippen molar-refractivity contribution < 1.29 is 18.5 Å². The lowest BCUT2D eigenvalue weighted by atomic mass is 9.83. The second-order valence-corrected chi connectivity index (χ2v) is 9.35. The lowest BCUT2D eigenvalue weighted by Crippen LogP contribution is -2.60. The number of anilines is 1. The molecule has 1 saturated heterocycles. The summed E-state index contributed by atoms with van der Waals surface area (Å²) < 4.78 is 26.9. The van der Waals surface area contributed by atoms with Gasteiger partial charge in [0.15, 0.2) is 0 Å². The molecule has 36 heavy (non-hydrogen) atoms. The van der Waals surface area contributed by atoms with Crippen LogP contribution in [0.25, 0.3) is 0 Å². The van der Waals surface area contributed by atoms with Gasteiger partial charge in [-0.2, -0.15) is 0 Å². The first kappa shape index (κ1) is 23.9. The SMILES string of the molecule is O=C(NCc1cccc(F)c1)[C@@H]1Cc2cc([N+](=O)[O-])ccc2N2CCN(Cc3ccc(F)cc3)C[C@H]12. The van der Waals surface area contributed by atoms with E-state index in [2.05, 4.69) is 15.1 Å². The molecule has 186 valence electrons. The molecule has 0 aliphatic carbocycles. The molecule has 0 aromatic heterocycles. The molecular weight excluding hydrogens is 466 g/mol. The maximum Gasteiger partial charge on any atom is 0.269 e. The zero-order valence-electron chi connectivity index (χ0n) is 19.6. The smallest absolute Gasteiger partial charge is 0.269 e. The molecule has 0 radical (unpaired) electrons. The number of non-ortho nitro benzene ring substituents is 1. The van der Waals surface area contributed by atoms with Crippen molar-refractivity contribution in [2.75, 3.05) is 24.5 Å². The summed E-state index contributed by atoms with van der Waals surface area (Å²) in [5.74, 6) is -1.26.